The first-order chi connectivity index (χ1) is 14.1. The van der Waals surface area contributed by atoms with Gasteiger partial charge in [0.15, 0.2) is 0 Å². The van der Waals surface area contributed by atoms with Gasteiger partial charge in [0.1, 0.15) is 5.54 Å². The van der Waals surface area contributed by atoms with E-state index in [2.05, 4.69) is 15.1 Å². The Bertz CT molecular complexity index is 665. The van der Waals surface area contributed by atoms with Crippen molar-refractivity contribution < 1.29 is 14.0 Å². The van der Waals surface area contributed by atoms with Crippen molar-refractivity contribution in [3.8, 4) is 0 Å². The molecule has 1 amide bonds. The average Bonchev–Trinajstić information content (AvgIpc) is 3.03. The number of nitrogens with zero attached hydrogens (tertiary/aromatic N) is 4. The second-order valence-electron chi connectivity index (χ2n) is 8.60. The number of ketones is 1. The minimum absolute atomic E-state index is 0.0553. The number of carbonyl (C=O) groups excluding carboxylic acids is 2. The van der Waals surface area contributed by atoms with Gasteiger partial charge in [0.05, 0.1) is 0 Å². The number of thioether (sulfide) groups is 1. The van der Waals surface area contributed by atoms with Crippen LogP contribution in [0.3, 0.4) is 0 Å². The van der Waals surface area contributed by atoms with Gasteiger partial charge in [-0.1, -0.05) is 56.7 Å². The largest absolute Gasteiger partial charge is 0.408 e. The minimum Gasteiger partial charge on any atom is -0.408 e. The fraction of sp³-hybridized carbons (Fsp3) is 0.810. The van der Waals surface area contributed by atoms with Gasteiger partial charge in [-0.15, -0.1) is 10.2 Å². The van der Waals surface area contributed by atoms with E-state index < -0.39 is 5.54 Å². The van der Waals surface area contributed by atoms with Crippen molar-refractivity contribution in [2.75, 3.05) is 26.4 Å². The van der Waals surface area contributed by atoms with Crippen LogP contribution in [0.4, 0.5) is 0 Å². The predicted octanol–water partition coefficient (Wildman–Crippen LogP) is 3.79. The van der Waals surface area contributed by atoms with E-state index >= 15 is 0 Å². The Hall–Kier alpha value is -1.41. The van der Waals surface area contributed by atoms with Crippen molar-refractivity contribution in [2.24, 2.45) is 0 Å². The van der Waals surface area contributed by atoms with Crippen LogP contribution in [0.15, 0.2) is 9.64 Å². The zero-order chi connectivity index (χ0) is 20.7. The fourth-order valence-corrected chi connectivity index (χ4v) is 5.55. The van der Waals surface area contributed by atoms with Crippen molar-refractivity contribution >= 4 is 24.0 Å². The molecule has 0 aromatic carbocycles. The highest BCUT2D eigenvalue weighted by Crippen LogP contribution is 2.39. The molecule has 7 nitrogen and oxygen atoms in total. The van der Waals surface area contributed by atoms with Gasteiger partial charge in [0.25, 0.3) is 11.1 Å². The summed E-state index contributed by atoms with van der Waals surface area (Å²) in [7, 11) is 4.02. The topological polar surface area (TPSA) is 79.5 Å². The molecule has 0 aliphatic heterocycles. The van der Waals surface area contributed by atoms with Crippen molar-refractivity contribution in [1.82, 2.24) is 20.0 Å². The standard InChI is InChI=1S/C21H34N4O3S/c1-24(2)14-15-29-20-23-22-19(28-20)18(27)21(12-8-5-9-13-21)25(16-26)17-10-6-3-4-7-11-17/h16-17H,3-15H2,1-2H3. The molecule has 8 heteroatoms. The molecule has 1 aromatic heterocycles. The first-order valence-electron chi connectivity index (χ1n) is 11.0. The van der Waals surface area contributed by atoms with Crippen LogP contribution in [0, 0.1) is 0 Å². The van der Waals surface area contributed by atoms with Gasteiger partial charge in [-0.3, -0.25) is 9.59 Å². The van der Waals surface area contributed by atoms with Gasteiger partial charge in [-0.05, 0) is 39.8 Å². The summed E-state index contributed by atoms with van der Waals surface area (Å²) in [5, 5.41) is 8.57. The first kappa shape index (κ1) is 22.3. The third-order valence-corrected chi connectivity index (χ3v) is 7.09. The van der Waals surface area contributed by atoms with Crippen molar-refractivity contribution in [3.05, 3.63) is 5.89 Å². The highest BCUT2D eigenvalue weighted by molar-refractivity contribution is 7.99. The van der Waals surface area contributed by atoms with Crippen LogP contribution in [-0.2, 0) is 4.79 Å². The molecule has 0 bridgehead atoms. The number of Topliss-reactive ketones (excluding diaryl/α,β-unsaturated/α-hetero) is 1. The smallest absolute Gasteiger partial charge is 0.287 e. The molecule has 162 valence electrons. The molecule has 0 atom stereocenters. The van der Waals surface area contributed by atoms with Gasteiger partial charge < -0.3 is 14.2 Å². The van der Waals surface area contributed by atoms with Gasteiger partial charge in [-0.2, -0.15) is 0 Å². The molecule has 0 saturated heterocycles. The molecule has 1 heterocycles. The Balaban J connectivity index is 1.80. The first-order valence-corrected chi connectivity index (χ1v) is 11.9. The summed E-state index contributed by atoms with van der Waals surface area (Å²) in [6.45, 7) is 0.890. The monoisotopic (exact) mass is 422 g/mol. The van der Waals surface area contributed by atoms with Crippen LogP contribution in [0.25, 0.3) is 0 Å². The number of rotatable bonds is 9. The second kappa shape index (κ2) is 10.6. The van der Waals surface area contributed by atoms with Crippen molar-refractivity contribution in [3.63, 3.8) is 0 Å². The quantitative estimate of drug-likeness (QED) is 0.259. The molecule has 0 spiro atoms. The van der Waals surface area contributed by atoms with E-state index in [1.54, 1.807) is 0 Å². The molecule has 2 aliphatic rings. The summed E-state index contributed by atoms with van der Waals surface area (Å²) in [6, 6.07) is 0.133. The predicted molar refractivity (Wildman–Crippen MR) is 113 cm³/mol. The van der Waals surface area contributed by atoms with Crippen LogP contribution in [0.1, 0.15) is 81.3 Å². The number of amides is 1. The van der Waals surface area contributed by atoms with E-state index in [4.69, 9.17) is 4.42 Å². The summed E-state index contributed by atoms with van der Waals surface area (Å²) in [4.78, 5) is 29.8. The third kappa shape index (κ3) is 5.40. The maximum atomic E-state index is 13.6. The molecule has 1 aromatic rings. The summed E-state index contributed by atoms with van der Waals surface area (Å²) >= 11 is 1.46. The van der Waals surface area contributed by atoms with Crippen LogP contribution >= 0.6 is 11.8 Å². The van der Waals surface area contributed by atoms with Crippen molar-refractivity contribution in [1.29, 1.82) is 0 Å². The number of aromatic nitrogens is 2. The Labute approximate surface area is 178 Å². The van der Waals surface area contributed by atoms with Gasteiger partial charge in [0, 0.05) is 18.3 Å². The summed E-state index contributed by atoms with van der Waals surface area (Å²) in [5.74, 6) is 0.705. The maximum Gasteiger partial charge on any atom is 0.287 e. The van der Waals surface area contributed by atoms with Gasteiger partial charge in [-0.25, -0.2) is 0 Å². The molecule has 2 aliphatic carbocycles. The molecule has 0 N–H and O–H groups in total. The van der Waals surface area contributed by atoms with Crippen LogP contribution in [-0.4, -0.2) is 70.2 Å². The molecule has 0 radical (unpaired) electrons. The summed E-state index contributed by atoms with van der Waals surface area (Å²) < 4.78 is 5.74. The van der Waals surface area contributed by atoms with E-state index in [9.17, 15) is 9.59 Å². The lowest BCUT2D eigenvalue weighted by molar-refractivity contribution is -0.127. The molecule has 3 rings (SSSR count). The van der Waals surface area contributed by atoms with E-state index in [0.717, 1.165) is 63.7 Å². The van der Waals surface area contributed by atoms with E-state index in [1.165, 1.54) is 24.6 Å². The Morgan fingerprint density at radius 2 is 1.76 bits per heavy atom. The fourth-order valence-electron chi connectivity index (χ4n) is 4.69. The molecule has 29 heavy (non-hydrogen) atoms. The lowest BCUT2D eigenvalue weighted by Gasteiger charge is -2.46. The number of hydrogen-bond acceptors (Lipinski definition) is 7. The van der Waals surface area contributed by atoms with E-state index in [0.29, 0.717) is 18.1 Å². The van der Waals surface area contributed by atoms with Gasteiger partial charge >= 0.3 is 0 Å². The highest BCUT2D eigenvalue weighted by Gasteiger charge is 2.49. The van der Waals surface area contributed by atoms with Crippen molar-refractivity contribution in [2.45, 2.75) is 87.4 Å². The lowest BCUT2D eigenvalue weighted by atomic mass is 9.76. The third-order valence-electron chi connectivity index (χ3n) is 6.29. The molecule has 2 fully saturated rings. The molecular weight excluding hydrogens is 388 g/mol. The molecular formula is C21H34N4O3S. The Morgan fingerprint density at radius 1 is 1.10 bits per heavy atom. The Morgan fingerprint density at radius 3 is 2.38 bits per heavy atom. The SMILES string of the molecule is CN(C)CCSc1nnc(C(=O)C2(N(C=O)C3CCCCCC3)CCCCC2)o1. The summed E-state index contributed by atoms with van der Waals surface area (Å²) in [6.07, 6.45) is 11.9. The highest BCUT2D eigenvalue weighted by atomic mass is 32.2. The van der Waals surface area contributed by atoms with Crippen LogP contribution in [0.2, 0.25) is 0 Å². The molecule has 0 unspecified atom stereocenters. The summed E-state index contributed by atoms with van der Waals surface area (Å²) in [5.41, 5.74) is -0.826. The molecule has 2 saturated carbocycles. The second-order valence-corrected chi connectivity index (χ2v) is 9.65. The minimum atomic E-state index is -0.826. The van der Waals surface area contributed by atoms with Gasteiger partial charge in [0.2, 0.25) is 12.2 Å². The Kier molecular flexibility index (Phi) is 8.12. The van der Waals surface area contributed by atoms with E-state index in [1.807, 2.05) is 19.0 Å². The number of carbonyl (C=O) groups is 2. The average molecular weight is 423 g/mol. The zero-order valence-electron chi connectivity index (χ0n) is 17.8. The zero-order valence-corrected chi connectivity index (χ0v) is 18.6. The number of hydrogen-bond donors (Lipinski definition) is 0. The van der Waals surface area contributed by atoms with E-state index in [-0.39, 0.29) is 17.7 Å². The van der Waals surface area contributed by atoms with Crippen LogP contribution < -0.4 is 0 Å². The lowest BCUT2D eigenvalue weighted by Crippen LogP contribution is -2.59. The maximum absolute atomic E-state index is 13.6. The van der Waals surface area contributed by atoms with Crippen LogP contribution in [0.5, 0.6) is 0 Å². The normalized spacial score (nSPS) is 20.4.